The molecule has 0 radical (unpaired) electrons. The SMILES string of the molecule is CC(=O)O.Oc1cccc(CBr)c1. The van der Waals surface area contributed by atoms with E-state index in [4.69, 9.17) is 15.0 Å². The lowest BCUT2D eigenvalue weighted by molar-refractivity contribution is -0.134. The topological polar surface area (TPSA) is 57.5 Å². The van der Waals surface area contributed by atoms with Crippen molar-refractivity contribution < 1.29 is 15.0 Å². The summed E-state index contributed by atoms with van der Waals surface area (Å²) >= 11 is 3.28. The zero-order chi connectivity index (χ0) is 10.3. The van der Waals surface area contributed by atoms with E-state index in [2.05, 4.69) is 15.9 Å². The minimum atomic E-state index is -0.833. The molecule has 0 aromatic heterocycles. The third-order valence-corrected chi connectivity index (χ3v) is 1.71. The molecule has 1 aromatic rings. The predicted molar refractivity (Wildman–Crippen MR) is 54.0 cm³/mol. The summed E-state index contributed by atoms with van der Waals surface area (Å²) in [5.41, 5.74) is 1.09. The van der Waals surface area contributed by atoms with Gasteiger partial charge >= 0.3 is 0 Å². The van der Waals surface area contributed by atoms with E-state index in [9.17, 15) is 0 Å². The number of carboxylic acid groups (broad SMARTS) is 1. The van der Waals surface area contributed by atoms with E-state index >= 15 is 0 Å². The van der Waals surface area contributed by atoms with Crippen LogP contribution in [0.5, 0.6) is 5.75 Å². The standard InChI is InChI=1S/C7H7BrO.C2H4O2/c8-5-6-2-1-3-7(9)4-6;1-2(3)4/h1-4,9H,5H2;1H3,(H,3,4). The van der Waals surface area contributed by atoms with Gasteiger partial charge in [-0.25, -0.2) is 0 Å². The number of phenolic OH excluding ortho intramolecular Hbond substituents is 1. The second kappa shape index (κ2) is 6.48. The van der Waals surface area contributed by atoms with Crippen molar-refractivity contribution in [2.24, 2.45) is 0 Å². The van der Waals surface area contributed by atoms with E-state index in [1.165, 1.54) is 0 Å². The highest BCUT2D eigenvalue weighted by atomic mass is 79.9. The van der Waals surface area contributed by atoms with Crippen LogP contribution in [0.25, 0.3) is 0 Å². The predicted octanol–water partition coefficient (Wildman–Crippen LogP) is 2.38. The van der Waals surface area contributed by atoms with Crippen LogP contribution in [0.1, 0.15) is 12.5 Å². The number of aromatic hydroxyl groups is 1. The second-order valence-corrected chi connectivity index (χ2v) is 2.88. The van der Waals surface area contributed by atoms with Crippen LogP contribution in [0.2, 0.25) is 0 Å². The van der Waals surface area contributed by atoms with Crippen LogP contribution in [0.4, 0.5) is 0 Å². The highest BCUT2D eigenvalue weighted by molar-refractivity contribution is 9.08. The highest BCUT2D eigenvalue weighted by Crippen LogP contribution is 2.12. The fraction of sp³-hybridized carbons (Fsp3) is 0.222. The fourth-order valence-electron chi connectivity index (χ4n) is 0.640. The van der Waals surface area contributed by atoms with Gasteiger partial charge in [-0.1, -0.05) is 28.1 Å². The van der Waals surface area contributed by atoms with Crippen LogP contribution in [0.3, 0.4) is 0 Å². The van der Waals surface area contributed by atoms with Gasteiger partial charge in [0, 0.05) is 12.3 Å². The molecule has 0 saturated heterocycles. The van der Waals surface area contributed by atoms with Crippen molar-refractivity contribution in [1.29, 1.82) is 0 Å². The molecule has 4 heteroatoms. The van der Waals surface area contributed by atoms with Crippen LogP contribution >= 0.6 is 15.9 Å². The number of halogens is 1. The van der Waals surface area contributed by atoms with Gasteiger partial charge in [-0.3, -0.25) is 4.79 Å². The van der Waals surface area contributed by atoms with Crippen molar-refractivity contribution in [3.63, 3.8) is 0 Å². The van der Waals surface area contributed by atoms with Crippen LogP contribution in [-0.2, 0) is 10.1 Å². The number of carbonyl (C=O) groups is 1. The average Bonchev–Trinajstić information content (AvgIpc) is 2.03. The van der Waals surface area contributed by atoms with Crippen LogP contribution in [0.15, 0.2) is 24.3 Å². The number of alkyl halides is 1. The first-order chi connectivity index (χ1) is 6.06. The molecule has 0 aliphatic carbocycles. The smallest absolute Gasteiger partial charge is 0.300 e. The minimum absolute atomic E-state index is 0.326. The van der Waals surface area contributed by atoms with Gasteiger partial charge in [-0.05, 0) is 17.7 Å². The first-order valence-corrected chi connectivity index (χ1v) is 4.71. The summed E-state index contributed by atoms with van der Waals surface area (Å²) in [5.74, 6) is -0.507. The molecule has 3 nitrogen and oxygen atoms in total. The van der Waals surface area contributed by atoms with Crippen molar-refractivity contribution in [3.05, 3.63) is 29.8 Å². The molecule has 0 fully saturated rings. The molecule has 13 heavy (non-hydrogen) atoms. The number of rotatable bonds is 1. The van der Waals surface area contributed by atoms with Crippen molar-refractivity contribution in [1.82, 2.24) is 0 Å². The Morgan fingerprint density at radius 1 is 1.54 bits per heavy atom. The third kappa shape index (κ3) is 7.33. The summed E-state index contributed by atoms with van der Waals surface area (Å²) in [6.45, 7) is 1.08. The average molecular weight is 247 g/mol. The van der Waals surface area contributed by atoms with Gasteiger partial charge in [-0.2, -0.15) is 0 Å². The van der Waals surface area contributed by atoms with Crippen molar-refractivity contribution in [2.75, 3.05) is 0 Å². The quantitative estimate of drug-likeness (QED) is 0.749. The van der Waals surface area contributed by atoms with Crippen molar-refractivity contribution >= 4 is 21.9 Å². The maximum atomic E-state index is 9.00. The second-order valence-electron chi connectivity index (χ2n) is 2.32. The van der Waals surface area contributed by atoms with E-state index in [1.54, 1.807) is 12.1 Å². The zero-order valence-corrected chi connectivity index (χ0v) is 8.78. The first-order valence-electron chi connectivity index (χ1n) is 3.59. The van der Waals surface area contributed by atoms with Gasteiger partial charge in [0.15, 0.2) is 0 Å². The fourth-order valence-corrected chi connectivity index (χ4v) is 0.988. The van der Waals surface area contributed by atoms with Gasteiger partial charge in [0.25, 0.3) is 5.97 Å². The molecule has 0 heterocycles. The Morgan fingerprint density at radius 3 is 2.38 bits per heavy atom. The zero-order valence-electron chi connectivity index (χ0n) is 7.20. The largest absolute Gasteiger partial charge is 0.508 e. The van der Waals surface area contributed by atoms with Crippen molar-refractivity contribution in [2.45, 2.75) is 12.3 Å². The molecule has 0 unspecified atom stereocenters. The Morgan fingerprint density at radius 2 is 2.08 bits per heavy atom. The summed E-state index contributed by atoms with van der Waals surface area (Å²) in [4.78, 5) is 9.00. The molecule has 0 aliphatic rings. The molecule has 0 atom stereocenters. The molecule has 0 saturated carbocycles. The molecule has 0 amide bonds. The van der Waals surface area contributed by atoms with Gasteiger partial charge < -0.3 is 10.2 Å². The number of phenols is 1. The van der Waals surface area contributed by atoms with Crippen LogP contribution in [0, 0.1) is 0 Å². The van der Waals surface area contributed by atoms with E-state index < -0.39 is 5.97 Å². The van der Waals surface area contributed by atoms with Crippen LogP contribution < -0.4 is 0 Å². The molecule has 1 rings (SSSR count). The monoisotopic (exact) mass is 246 g/mol. The number of hydrogen-bond acceptors (Lipinski definition) is 2. The number of hydrogen-bond donors (Lipinski definition) is 2. The van der Waals surface area contributed by atoms with Gasteiger partial charge in [0.2, 0.25) is 0 Å². The summed E-state index contributed by atoms with van der Waals surface area (Å²) in [6, 6.07) is 7.17. The number of carboxylic acids is 1. The van der Waals surface area contributed by atoms with Gasteiger partial charge in [0.1, 0.15) is 5.75 Å². The normalized spacial score (nSPS) is 8.46. The van der Waals surface area contributed by atoms with Crippen LogP contribution in [-0.4, -0.2) is 16.2 Å². The maximum Gasteiger partial charge on any atom is 0.300 e. The highest BCUT2D eigenvalue weighted by Gasteiger charge is 1.88. The van der Waals surface area contributed by atoms with E-state index in [1.807, 2.05) is 12.1 Å². The summed E-state index contributed by atoms with van der Waals surface area (Å²) in [6.07, 6.45) is 0. The Kier molecular flexibility index (Phi) is 5.97. The Balaban J connectivity index is 0.000000310. The molecule has 0 aliphatic heterocycles. The minimum Gasteiger partial charge on any atom is -0.508 e. The molecule has 0 bridgehead atoms. The molecule has 72 valence electrons. The summed E-state index contributed by atoms with van der Waals surface area (Å²) in [5, 5.41) is 17.1. The Hall–Kier alpha value is -1.03. The van der Waals surface area contributed by atoms with Crippen molar-refractivity contribution in [3.8, 4) is 5.75 Å². The van der Waals surface area contributed by atoms with E-state index in [0.717, 1.165) is 17.8 Å². The molecule has 0 spiro atoms. The summed E-state index contributed by atoms with van der Waals surface area (Å²) in [7, 11) is 0. The maximum absolute atomic E-state index is 9.00. The Labute approximate surface area is 85.1 Å². The van der Waals surface area contributed by atoms with E-state index in [0.29, 0.717) is 5.75 Å². The lowest BCUT2D eigenvalue weighted by Gasteiger charge is -1.93. The molecule has 1 aromatic carbocycles. The number of aliphatic carboxylic acids is 1. The van der Waals surface area contributed by atoms with E-state index in [-0.39, 0.29) is 0 Å². The lowest BCUT2D eigenvalue weighted by Crippen LogP contribution is -1.78. The van der Waals surface area contributed by atoms with Gasteiger partial charge in [0.05, 0.1) is 0 Å². The first kappa shape index (κ1) is 12.0. The molecular formula is C9H11BrO3. The number of benzene rings is 1. The third-order valence-electron chi connectivity index (χ3n) is 1.06. The molecular weight excluding hydrogens is 236 g/mol. The Bertz CT molecular complexity index is 269. The molecule has 2 N–H and O–H groups in total. The van der Waals surface area contributed by atoms with Gasteiger partial charge in [-0.15, -0.1) is 0 Å². The lowest BCUT2D eigenvalue weighted by atomic mass is 10.2. The summed E-state index contributed by atoms with van der Waals surface area (Å²) < 4.78 is 0.